The summed E-state index contributed by atoms with van der Waals surface area (Å²) in [5, 5.41) is 12.5. The van der Waals surface area contributed by atoms with Gasteiger partial charge in [-0.2, -0.15) is 0 Å². The largest absolute Gasteiger partial charge is 0.396 e. The monoisotopic (exact) mass is 323 g/mol. The van der Waals surface area contributed by atoms with E-state index < -0.39 is 0 Å². The normalized spacial score (nSPS) is 20.4. The number of aromatic nitrogens is 1. The van der Waals surface area contributed by atoms with E-state index in [4.69, 9.17) is 0 Å². The van der Waals surface area contributed by atoms with Gasteiger partial charge in [0.2, 0.25) is 5.91 Å². The molecule has 7 heteroatoms. The van der Waals surface area contributed by atoms with Crippen LogP contribution in [0.4, 0.5) is 9.52 Å². The molecular formula is C15H18FN3O2S. The van der Waals surface area contributed by atoms with Crippen LogP contribution in [0.3, 0.4) is 0 Å². The summed E-state index contributed by atoms with van der Waals surface area (Å²) in [6.45, 7) is 3.55. The van der Waals surface area contributed by atoms with Crippen LogP contribution in [-0.4, -0.2) is 46.6 Å². The number of hydrogen-bond acceptors (Lipinski definition) is 5. The maximum atomic E-state index is 13.2. The maximum absolute atomic E-state index is 13.2. The summed E-state index contributed by atoms with van der Waals surface area (Å²) in [4.78, 5) is 18.7. The fourth-order valence-electron chi connectivity index (χ4n) is 2.69. The van der Waals surface area contributed by atoms with Crippen LogP contribution in [0.2, 0.25) is 0 Å². The molecule has 1 aliphatic heterocycles. The Hall–Kier alpha value is -1.57. The molecule has 0 aliphatic carbocycles. The number of aliphatic hydroxyl groups excluding tert-OH is 1. The van der Waals surface area contributed by atoms with Crippen LogP contribution in [0.1, 0.15) is 13.3 Å². The first-order chi connectivity index (χ1) is 10.6. The van der Waals surface area contributed by atoms with Crippen LogP contribution in [-0.2, 0) is 4.79 Å². The lowest BCUT2D eigenvalue weighted by Crippen LogP contribution is -2.40. The molecule has 2 unspecified atom stereocenters. The Morgan fingerprint density at radius 3 is 3.18 bits per heavy atom. The predicted molar refractivity (Wildman–Crippen MR) is 84.4 cm³/mol. The molecule has 2 aromatic rings. The Morgan fingerprint density at radius 1 is 1.64 bits per heavy atom. The molecule has 0 radical (unpaired) electrons. The van der Waals surface area contributed by atoms with Crippen LogP contribution < -0.4 is 5.32 Å². The van der Waals surface area contributed by atoms with E-state index in [0.29, 0.717) is 15.3 Å². The molecule has 1 amide bonds. The molecule has 118 valence electrons. The molecule has 1 fully saturated rings. The van der Waals surface area contributed by atoms with Gasteiger partial charge in [-0.25, -0.2) is 9.37 Å². The first-order valence-electron chi connectivity index (χ1n) is 7.28. The third-order valence-electron chi connectivity index (χ3n) is 4.08. The van der Waals surface area contributed by atoms with Gasteiger partial charge in [0.05, 0.1) is 16.3 Å². The second-order valence-electron chi connectivity index (χ2n) is 5.63. The first kappa shape index (κ1) is 15.3. The van der Waals surface area contributed by atoms with Crippen LogP contribution in [0, 0.1) is 11.7 Å². The number of hydrogen-bond donors (Lipinski definition) is 2. The molecule has 1 aromatic carbocycles. The highest BCUT2D eigenvalue weighted by molar-refractivity contribution is 7.22. The van der Waals surface area contributed by atoms with Gasteiger partial charge in [-0.3, -0.25) is 9.69 Å². The maximum Gasteiger partial charge on any atom is 0.243 e. The number of nitrogens with zero attached hydrogens (tertiary/aromatic N) is 2. The molecule has 3 rings (SSSR count). The average Bonchev–Trinajstić information content (AvgIpc) is 3.11. The highest BCUT2D eigenvalue weighted by Gasteiger charge is 2.29. The molecule has 2 heterocycles. The number of likely N-dealkylation sites (tertiary alicyclic amines) is 1. The van der Waals surface area contributed by atoms with Gasteiger partial charge < -0.3 is 10.4 Å². The Balaban J connectivity index is 1.67. The molecule has 2 atom stereocenters. The second-order valence-corrected chi connectivity index (χ2v) is 6.66. The number of rotatable bonds is 4. The van der Waals surface area contributed by atoms with E-state index >= 15 is 0 Å². The highest BCUT2D eigenvalue weighted by atomic mass is 32.1. The number of carbonyl (C=O) groups is 1. The quantitative estimate of drug-likeness (QED) is 0.904. The van der Waals surface area contributed by atoms with Gasteiger partial charge >= 0.3 is 0 Å². The molecular weight excluding hydrogens is 305 g/mol. The van der Waals surface area contributed by atoms with E-state index in [2.05, 4.69) is 15.2 Å². The van der Waals surface area contributed by atoms with Crippen LogP contribution >= 0.6 is 11.3 Å². The summed E-state index contributed by atoms with van der Waals surface area (Å²) in [6, 6.07) is 4.10. The van der Waals surface area contributed by atoms with Crippen molar-refractivity contribution in [2.75, 3.05) is 25.0 Å². The van der Waals surface area contributed by atoms with Crippen LogP contribution in [0.25, 0.3) is 10.2 Å². The average molecular weight is 323 g/mol. The summed E-state index contributed by atoms with van der Waals surface area (Å²) in [6.07, 6.45) is 0.911. The fourth-order valence-corrected chi connectivity index (χ4v) is 3.58. The SMILES string of the molecule is CC(C(=O)Nc1nc2ccc(F)cc2s1)N1CCC(CO)C1. The van der Waals surface area contributed by atoms with Crippen molar-refractivity contribution in [1.82, 2.24) is 9.88 Å². The van der Waals surface area contributed by atoms with E-state index in [1.165, 1.54) is 23.5 Å². The van der Waals surface area contributed by atoms with Crippen molar-refractivity contribution in [1.29, 1.82) is 0 Å². The van der Waals surface area contributed by atoms with Gasteiger partial charge in [-0.05, 0) is 44.0 Å². The molecule has 0 spiro atoms. The Morgan fingerprint density at radius 2 is 2.45 bits per heavy atom. The Labute approximate surface area is 131 Å². The van der Waals surface area contributed by atoms with Gasteiger partial charge in [-0.1, -0.05) is 11.3 Å². The standard InChI is InChI=1S/C15H18FN3O2S/c1-9(19-5-4-10(7-19)8-20)14(21)18-15-17-12-3-2-11(16)6-13(12)22-15/h2-3,6,9-10,20H,4-5,7-8H2,1H3,(H,17,18,21). The van der Waals surface area contributed by atoms with Crippen molar-refractivity contribution in [2.45, 2.75) is 19.4 Å². The fraction of sp³-hybridized carbons (Fsp3) is 0.467. The molecule has 1 aromatic heterocycles. The number of amides is 1. The van der Waals surface area contributed by atoms with Gasteiger partial charge in [0.1, 0.15) is 5.82 Å². The molecule has 1 saturated heterocycles. The number of benzene rings is 1. The van der Waals surface area contributed by atoms with Crippen molar-refractivity contribution >= 4 is 32.6 Å². The van der Waals surface area contributed by atoms with E-state index in [-0.39, 0.29) is 30.3 Å². The van der Waals surface area contributed by atoms with Crippen molar-refractivity contribution in [2.24, 2.45) is 5.92 Å². The highest BCUT2D eigenvalue weighted by Crippen LogP contribution is 2.27. The number of halogens is 1. The third kappa shape index (κ3) is 3.11. The number of anilines is 1. The lowest BCUT2D eigenvalue weighted by Gasteiger charge is -2.22. The summed E-state index contributed by atoms with van der Waals surface area (Å²) >= 11 is 1.26. The van der Waals surface area contributed by atoms with Gasteiger partial charge in [0, 0.05) is 13.2 Å². The minimum Gasteiger partial charge on any atom is -0.396 e. The van der Waals surface area contributed by atoms with Gasteiger partial charge in [0.25, 0.3) is 0 Å². The Bertz CT molecular complexity index is 690. The lowest BCUT2D eigenvalue weighted by atomic mass is 10.1. The topological polar surface area (TPSA) is 65.5 Å². The number of nitrogens with one attached hydrogen (secondary N) is 1. The van der Waals surface area contributed by atoms with Crippen molar-refractivity contribution in [3.8, 4) is 0 Å². The summed E-state index contributed by atoms with van der Waals surface area (Å²) in [5.74, 6) is -0.187. The molecule has 0 saturated carbocycles. The van der Waals surface area contributed by atoms with Gasteiger partial charge in [-0.15, -0.1) is 0 Å². The summed E-state index contributed by atoms with van der Waals surface area (Å²) in [5.41, 5.74) is 0.677. The number of fused-ring (bicyclic) bond motifs is 1. The summed E-state index contributed by atoms with van der Waals surface area (Å²) < 4.78 is 13.9. The number of carbonyl (C=O) groups excluding carboxylic acids is 1. The first-order valence-corrected chi connectivity index (χ1v) is 8.10. The molecule has 1 aliphatic rings. The Kier molecular flexibility index (Phi) is 4.37. The molecule has 5 nitrogen and oxygen atoms in total. The number of aliphatic hydroxyl groups is 1. The predicted octanol–water partition coefficient (Wildman–Crippen LogP) is 2.08. The molecule has 2 N–H and O–H groups in total. The van der Waals surface area contributed by atoms with Crippen LogP contribution in [0.15, 0.2) is 18.2 Å². The third-order valence-corrected chi connectivity index (χ3v) is 5.02. The molecule has 0 bridgehead atoms. The van der Waals surface area contributed by atoms with Crippen LogP contribution in [0.5, 0.6) is 0 Å². The minimum absolute atomic E-state index is 0.127. The van der Waals surface area contributed by atoms with E-state index in [1.54, 1.807) is 6.07 Å². The zero-order valence-electron chi connectivity index (χ0n) is 12.3. The second kappa shape index (κ2) is 6.28. The summed E-state index contributed by atoms with van der Waals surface area (Å²) in [7, 11) is 0. The van der Waals surface area contributed by atoms with E-state index in [1.807, 2.05) is 6.92 Å². The lowest BCUT2D eigenvalue weighted by molar-refractivity contribution is -0.120. The zero-order valence-corrected chi connectivity index (χ0v) is 13.1. The van der Waals surface area contributed by atoms with Gasteiger partial charge in [0.15, 0.2) is 5.13 Å². The van der Waals surface area contributed by atoms with Crippen molar-refractivity contribution in [3.05, 3.63) is 24.0 Å². The van der Waals surface area contributed by atoms with Crippen molar-refractivity contribution < 1.29 is 14.3 Å². The van der Waals surface area contributed by atoms with Crippen molar-refractivity contribution in [3.63, 3.8) is 0 Å². The van der Waals surface area contributed by atoms with E-state index in [9.17, 15) is 14.3 Å². The minimum atomic E-state index is -0.311. The zero-order chi connectivity index (χ0) is 15.7. The smallest absolute Gasteiger partial charge is 0.243 e. The molecule has 22 heavy (non-hydrogen) atoms. The van der Waals surface area contributed by atoms with E-state index in [0.717, 1.165) is 19.5 Å². The number of thiazole rings is 1.